The van der Waals surface area contributed by atoms with Gasteiger partial charge in [0.1, 0.15) is 0 Å². The highest BCUT2D eigenvalue weighted by molar-refractivity contribution is 5.79. The van der Waals surface area contributed by atoms with Crippen molar-refractivity contribution in [1.82, 2.24) is 5.32 Å². The summed E-state index contributed by atoms with van der Waals surface area (Å²) in [4.78, 5) is 11.2. The first-order valence-corrected chi connectivity index (χ1v) is 5.35. The largest absolute Gasteiger partial charge is 0.493 e. The molecule has 1 aliphatic rings. The Balaban J connectivity index is 2.48. The first kappa shape index (κ1) is 11.7. The van der Waals surface area contributed by atoms with Gasteiger partial charge in [0.05, 0.1) is 14.2 Å². The summed E-state index contributed by atoms with van der Waals surface area (Å²) in [6.07, 6.45) is 0.631. The van der Waals surface area contributed by atoms with Crippen molar-refractivity contribution in [3.8, 4) is 11.5 Å². The van der Waals surface area contributed by atoms with Gasteiger partial charge in [-0.05, 0) is 6.07 Å². The molecular formula is C12H15NO4. The van der Waals surface area contributed by atoms with Crippen LogP contribution in [0.2, 0.25) is 0 Å². The molecule has 2 N–H and O–H groups in total. The lowest BCUT2D eigenvalue weighted by atomic mass is 9.99. The number of benzene rings is 1. The zero-order valence-corrected chi connectivity index (χ0v) is 9.82. The third-order valence-electron chi connectivity index (χ3n) is 2.91. The zero-order valence-electron chi connectivity index (χ0n) is 9.82. The van der Waals surface area contributed by atoms with E-state index in [4.69, 9.17) is 9.47 Å². The Morgan fingerprint density at radius 2 is 2.12 bits per heavy atom. The van der Waals surface area contributed by atoms with E-state index in [0.29, 0.717) is 29.9 Å². The van der Waals surface area contributed by atoms with Crippen molar-refractivity contribution in [2.24, 2.45) is 0 Å². The Hall–Kier alpha value is -1.75. The molecule has 0 radical (unpaired) electrons. The lowest BCUT2D eigenvalue weighted by Crippen LogP contribution is -2.38. The van der Waals surface area contributed by atoms with Crippen LogP contribution >= 0.6 is 0 Å². The number of para-hydroxylation sites is 1. The van der Waals surface area contributed by atoms with Crippen LogP contribution in [-0.4, -0.2) is 25.2 Å². The van der Waals surface area contributed by atoms with Crippen LogP contribution in [0.25, 0.3) is 0 Å². The molecule has 1 aromatic rings. The average Bonchev–Trinajstić information content (AvgIpc) is 2.69. The molecule has 1 atom stereocenters. The van der Waals surface area contributed by atoms with Gasteiger partial charge in [-0.25, -0.2) is 0 Å². The van der Waals surface area contributed by atoms with Crippen LogP contribution in [-0.2, 0) is 10.5 Å². The minimum Gasteiger partial charge on any atom is -0.493 e. The van der Waals surface area contributed by atoms with Crippen molar-refractivity contribution in [3.63, 3.8) is 0 Å². The number of rotatable bonds is 3. The summed E-state index contributed by atoms with van der Waals surface area (Å²) in [5.74, 6) is 0.802. The van der Waals surface area contributed by atoms with Gasteiger partial charge >= 0.3 is 0 Å². The maximum Gasteiger partial charge on any atom is 0.222 e. The second-order valence-corrected chi connectivity index (χ2v) is 3.95. The summed E-state index contributed by atoms with van der Waals surface area (Å²) in [6.45, 7) is 0. The average molecular weight is 237 g/mol. The summed E-state index contributed by atoms with van der Waals surface area (Å²) in [5.41, 5.74) is -0.845. The number of nitrogens with one attached hydrogen (secondary N) is 1. The van der Waals surface area contributed by atoms with E-state index in [2.05, 4.69) is 5.32 Å². The summed E-state index contributed by atoms with van der Waals surface area (Å²) >= 11 is 0. The number of carbonyl (C=O) groups is 1. The maximum atomic E-state index is 11.2. The SMILES string of the molecule is COc1cccc(C2(O)CCC(=O)N2)c1OC. The molecule has 0 aromatic heterocycles. The molecule has 5 heteroatoms. The highest BCUT2D eigenvalue weighted by Gasteiger charge is 2.40. The second kappa shape index (κ2) is 4.25. The van der Waals surface area contributed by atoms with Gasteiger partial charge in [-0.1, -0.05) is 12.1 Å². The van der Waals surface area contributed by atoms with E-state index >= 15 is 0 Å². The van der Waals surface area contributed by atoms with E-state index in [0.717, 1.165) is 0 Å². The fourth-order valence-corrected chi connectivity index (χ4v) is 2.06. The van der Waals surface area contributed by atoms with Gasteiger partial charge in [0.2, 0.25) is 5.91 Å². The number of aliphatic hydroxyl groups is 1. The number of hydrogen-bond acceptors (Lipinski definition) is 4. The number of ether oxygens (including phenoxy) is 2. The van der Waals surface area contributed by atoms with E-state index in [1.54, 1.807) is 18.2 Å². The second-order valence-electron chi connectivity index (χ2n) is 3.95. The van der Waals surface area contributed by atoms with E-state index in [1.807, 2.05) is 0 Å². The molecule has 1 unspecified atom stereocenters. The molecule has 92 valence electrons. The van der Waals surface area contributed by atoms with Crippen LogP contribution < -0.4 is 14.8 Å². The van der Waals surface area contributed by atoms with Crippen LogP contribution in [0.15, 0.2) is 18.2 Å². The Morgan fingerprint density at radius 3 is 2.65 bits per heavy atom. The predicted molar refractivity (Wildman–Crippen MR) is 60.8 cm³/mol. The molecule has 5 nitrogen and oxygen atoms in total. The van der Waals surface area contributed by atoms with E-state index in [1.165, 1.54) is 14.2 Å². The Kier molecular flexibility index (Phi) is 2.93. The monoisotopic (exact) mass is 237 g/mol. The van der Waals surface area contributed by atoms with Crippen molar-refractivity contribution >= 4 is 5.91 Å². The molecule has 1 amide bonds. The molecule has 1 heterocycles. The summed E-state index contributed by atoms with van der Waals surface area (Å²) in [5, 5.41) is 13.0. The Bertz CT molecular complexity index is 446. The Labute approximate surface area is 99.3 Å². The van der Waals surface area contributed by atoms with Crippen molar-refractivity contribution in [2.45, 2.75) is 18.6 Å². The molecule has 1 aromatic carbocycles. The molecular weight excluding hydrogens is 222 g/mol. The third-order valence-corrected chi connectivity index (χ3v) is 2.91. The number of amides is 1. The molecule has 2 rings (SSSR count). The first-order chi connectivity index (χ1) is 8.10. The van der Waals surface area contributed by atoms with E-state index in [9.17, 15) is 9.90 Å². The van der Waals surface area contributed by atoms with E-state index < -0.39 is 5.72 Å². The quantitative estimate of drug-likeness (QED) is 0.814. The molecule has 1 saturated heterocycles. The first-order valence-electron chi connectivity index (χ1n) is 5.35. The lowest BCUT2D eigenvalue weighted by molar-refractivity contribution is -0.122. The molecule has 0 saturated carbocycles. The summed E-state index contributed by atoms with van der Waals surface area (Å²) < 4.78 is 10.4. The molecule has 0 aliphatic carbocycles. The zero-order chi connectivity index (χ0) is 12.5. The van der Waals surface area contributed by atoms with Crippen LogP contribution in [0.3, 0.4) is 0 Å². The van der Waals surface area contributed by atoms with E-state index in [-0.39, 0.29) is 5.91 Å². The number of methoxy groups -OCH3 is 2. The fourth-order valence-electron chi connectivity index (χ4n) is 2.06. The van der Waals surface area contributed by atoms with Crippen molar-refractivity contribution in [2.75, 3.05) is 14.2 Å². The maximum absolute atomic E-state index is 11.2. The van der Waals surface area contributed by atoms with Crippen LogP contribution in [0.1, 0.15) is 18.4 Å². The Morgan fingerprint density at radius 1 is 1.35 bits per heavy atom. The normalized spacial score (nSPS) is 23.4. The van der Waals surface area contributed by atoms with Crippen molar-refractivity contribution < 1.29 is 19.4 Å². The topological polar surface area (TPSA) is 67.8 Å². The highest BCUT2D eigenvalue weighted by atomic mass is 16.5. The summed E-state index contributed by atoms with van der Waals surface area (Å²) in [7, 11) is 3.03. The van der Waals surface area contributed by atoms with Gasteiger partial charge in [0.25, 0.3) is 0 Å². The van der Waals surface area contributed by atoms with Crippen LogP contribution in [0.5, 0.6) is 11.5 Å². The van der Waals surface area contributed by atoms with Gasteiger partial charge in [0, 0.05) is 18.4 Å². The number of hydrogen-bond donors (Lipinski definition) is 2. The fraction of sp³-hybridized carbons (Fsp3) is 0.417. The summed E-state index contributed by atoms with van der Waals surface area (Å²) in [6, 6.07) is 5.20. The molecule has 0 bridgehead atoms. The predicted octanol–water partition coefficient (Wildman–Crippen LogP) is 0.759. The van der Waals surface area contributed by atoms with Crippen molar-refractivity contribution in [3.05, 3.63) is 23.8 Å². The van der Waals surface area contributed by atoms with Gasteiger partial charge in [0.15, 0.2) is 17.2 Å². The van der Waals surface area contributed by atoms with Crippen LogP contribution in [0.4, 0.5) is 0 Å². The third kappa shape index (κ3) is 1.93. The molecule has 1 fully saturated rings. The van der Waals surface area contributed by atoms with Crippen LogP contribution in [0, 0.1) is 0 Å². The molecule has 1 aliphatic heterocycles. The van der Waals surface area contributed by atoms with Crippen molar-refractivity contribution in [1.29, 1.82) is 0 Å². The lowest BCUT2D eigenvalue weighted by Gasteiger charge is -2.25. The van der Waals surface area contributed by atoms with Gasteiger partial charge in [-0.2, -0.15) is 0 Å². The van der Waals surface area contributed by atoms with Gasteiger partial charge in [-0.15, -0.1) is 0 Å². The van der Waals surface area contributed by atoms with Gasteiger partial charge < -0.3 is 19.9 Å². The highest BCUT2D eigenvalue weighted by Crippen LogP contribution is 2.39. The molecule has 0 spiro atoms. The van der Waals surface area contributed by atoms with Gasteiger partial charge in [-0.3, -0.25) is 4.79 Å². The minimum atomic E-state index is -1.36. The smallest absolute Gasteiger partial charge is 0.222 e. The standard InChI is InChI=1S/C12H15NO4/c1-16-9-5-3-4-8(11(9)17-2)12(15)7-6-10(14)13-12/h3-5,15H,6-7H2,1-2H3,(H,13,14). The minimum absolute atomic E-state index is 0.169. The molecule has 17 heavy (non-hydrogen) atoms. The number of carbonyl (C=O) groups excluding carboxylic acids is 1.